The van der Waals surface area contributed by atoms with Crippen molar-refractivity contribution in [3.63, 3.8) is 0 Å². The molecule has 0 fully saturated rings. The average molecular weight is 373 g/mol. The van der Waals surface area contributed by atoms with Gasteiger partial charge >= 0.3 is 0 Å². The van der Waals surface area contributed by atoms with Crippen LogP contribution in [-0.2, 0) is 6.54 Å². The molecule has 4 heterocycles. The lowest BCUT2D eigenvalue weighted by molar-refractivity contribution is 0.509. The minimum Gasteiger partial charge on any atom is -0.461 e. The Morgan fingerprint density at radius 2 is 2.12 bits per heavy atom. The van der Waals surface area contributed by atoms with Gasteiger partial charge in [-0.2, -0.15) is 0 Å². The summed E-state index contributed by atoms with van der Waals surface area (Å²) < 4.78 is 13.3. The zero-order chi connectivity index (χ0) is 17.2. The van der Waals surface area contributed by atoms with Crippen molar-refractivity contribution in [2.75, 3.05) is 0 Å². The molecule has 0 aliphatic carbocycles. The first-order valence-electron chi connectivity index (χ1n) is 7.77. The number of hydrogen-bond acceptors (Lipinski definition) is 8. The first-order valence-corrected chi connectivity index (χ1v) is 9.53. The van der Waals surface area contributed by atoms with Gasteiger partial charge in [-0.15, -0.1) is 31.7 Å². The number of hydrogen-bond donors (Lipinski definition) is 0. The van der Waals surface area contributed by atoms with Gasteiger partial charge in [0, 0.05) is 6.54 Å². The molecule has 0 N–H and O–H groups in total. The molecule has 9 heteroatoms. The van der Waals surface area contributed by atoms with Crippen molar-refractivity contribution < 1.29 is 8.83 Å². The lowest BCUT2D eigenvalue weighted by atomic mass is 10.4. The topological polar surface area (TPSA) is 82.8 Å². The van der Waals surface area contributed by atoms with E-state index in [1.807, 2.05) is 48.1 Å². The van der Waals surface area contributed by atoms with Crippen LogP contribution in [0.15, 0.2) is 49.9 Å². The Balaban J connectivity index is 1.56. The van der Waals surface area contributed by atoms with Gasteiger partial charge in [0.25, 0.3) is 5.89 Å². The summed E-state index contributed by atoms with van der Waals surface area (Å²) in [5.41, 5.74) is 0. The molecule has 0 spiro atoms. The second-order valence-corrected chi connectivity index (χ2v) is 7.47. The van der Waals surface area contributed by atoms with Crippen LogP contribution in [-0.4, -0.2) is 25.0 Å². The molecule has 0 aliphatic rings. The van der Waals surface area contributed by atoms with Crippen molar-refractivity contribution in [1.29, 1.82) is 0 Å². The molecule has 1 atom stereocenters. The molecule has 0 radical (unpaired) electrons. The summed E-state index contributed by atoms with van der Waals surface area (Å²) >= 11 is 3.10. The highest BCUT2D eigenvalue weighted by Crippen LogP contribution is 2.36. The summed E-state index contributed by atoms with van der Waals surface area (Å²) in [4.78, 5) is 0.966. The van der Waals surface area contributed by atoms with Crippen LogP contribution in [0.1, 0.15) is 25.0 Å². The van der Waals surface area contributed by atoms with E-state index >= 15 is 0 Å². The molecule has 0 saturated heterocycles. The van der Waals surface area contributed by atoms with Crippen molar-refractivity contribution >= 4 is 23.1 Å². The summed E-state index contributed by atoms with van der Waals surface area (Å²) in [5, 5.41) is 19.6. The number of thiophene rings is 1. The fourth-order valence-corrected chi connectivity index (χ4v) is 3.94. The first-order chi connectivity index (χ1) is 12.3. The Bertz CT molecular complexity index is 943. The van der Waals surface area contributed by atoms with E-state index in [0.29, 0.717) is 23.4 Å². The lowest BCUT2D eigenvalue weighted by Crippen LogP contribution is -2.00. The highest BCUT2D eigenvalue weighted by Gasteiger charge is 2.21. The third-order valence-corrected chi connectivity index (χ3v) is 5.50. The van der Waals surface area contributed by atoms with Crippen LogP contribution < -0.4 is 0 Å². The van der Waals surface area contributed by atoms with Gasteiger partial charge in [-0.3, -0.25) is 4.57 Å². The molecular formula is C16H15N5O2S2. The van der Waals surface area contributed by atoms with Crippen molar-refractivity contribution in [2.45, 2.75) is 30.8 Å². The second kappa shape index (κ2) is 6.85. The summed E-state index contributed by atoms with van der Waals surface area (Å²) in [6.07, 6.45) is 1.63. The predicted molar refractivity (Wildman–Crippen MR) is 95.3 cm³/mol. The quantitative estimate of drug-likeness (QED) is 0.459. The van der Waals surface area contributed by atoms with E-state index in [-0.39, 0.29) is 5.25 Å². The molecule has 0 aromatic carbocycles. The van der Waals surface area contributed by atoms with E-state index in [9.17, 15) is 0 Å². The van der Waals surface area contributed by atoms with E-state index < -0.39 is 0 Å². The van der Waals surface area contributed by atoms with Crippen LogP contribution in [0.4, 0.5) is 0 Å². The van der Waals surface area contributed by atoms with Crippen LogP contribution in [0.25, 0.3) is 22.4 Å². The Hall–Kier alpha value is -2.39. The number of nitrogens with zero attached hydrogens (tertiary/aromatic N) is 5. The maximum absolute atomic E-state index is 5.81. The van der Waals surface area contributed by atoms with Crippen molar-refractivity contribution in [1.82, 2.24) is 25.0 Å². The fraction of sp³-hybridized carbons (Fsp3) is 0.250. The van der Waals surface area contributed by atoms with Crippen LogP contribution in [0.2, 0.25) is 0 Å². The normalized spacial score (nSPS) is 12.6. The van der Waals surface area contributed by atoms with E-state index in [1.54, 1.807) is 17.6 Å². The SMILES string of the molecule is CCn1c(S[C@@H](C)c2nnc(-c3cccs3)o2)nnc1-c1ccco1. The monoisotopic (exact) mass is 373 g/mol. The van der Waals surface area contributed by atoms with E-state index in [0.717, 1.165) is 16.6 Å². The molecule has 7 nitrogen and oxygen atoms in total. The van der Waals surface area contributed by atoms with Gasteiger partial charge in [0.1, 0.15) is 0 Å². The molecule has 4 aromatic rings. The molecule has 0 saturated carbocycles. The molecule has 4 rings (SSSR count). The summed E-state index contributed by atoms with van der Waals surface area (Å²) in [6, 6.07) is 7.63. The van der Waals surface area contributed by atoms with Gasteiger partial charge in [-0.05, 0) is 37.4 Å². The first kappa shape index (κ1) is 16.1. The third-order valence-electron chi connectivity index (χ3n) is 3.58. The predicted octanol–water partition coefficient (Wildman–Crippen LogP) is 4.52. The molecule has 4 aromatic heterocycles. The fourth-order valence-electron chi connectivity index (χ4n) is 2.36. The standard InChI is InChI=1S/C16H15N5O2S2/c1-3-21-13(11-6-4-8-22-11)17-20-16(21)25-10(2)14-18-19-15(23-14)12-7-5-9-24-12/h4-10H,3H2,1-2H3/t10-/m0/s1. The van der Waals surface area contributed by atoms with Crippen molar-refractivity contribution in [3.05, 3.63) is 41.8 Å². The summed E-state index contributed by atoms with van der Waals surface area (Å²) in [5.74, 6) is 2.53. The maximum Gasteiger partial charge on any atom is 0.257 e. The van der Waals surface area contributed by atoms with Crippen molar-refractivity contribution in [2.24, 2.45) is 0 Å². The van der Waals surface area contributed by atoms with Gasteiger partial charge in [0.2, 0.25) is 5.89 Å². The number of furan rings is 1. The average Bonchev–Trinajstić information content (AvgIpc) is 3.40. The lowest BCUT2D eigenvalue weighted by Gasteiger charge is -2.08. The van der Waals surface area contributed by atoms with Gasteiger partial charge in [0.15, 0.2) is 16.7 Å². The van der Waals surface area contributed by atoms with Crippen LogP contribution in [0, 0.1) is 0 Å². The van der Waals surface area contributed by atoms with E-state index in [4.69, 9.17) is 8.83 Å². The van der Waals surface area contributed by atoms with Gasteiger partial charge in [0.05, 0.1) is 16.4 Å². The van der Waals surface area contributed by atoms with Crippen molar-refractivity contribution in [3.8, 4) is 22.4 Å². The van der Waals surface area contributed by atoms with Gasteiger partial charge < -0.3 is 8.83 Å². The van der Waals surface area contributed by atoms with Gasteiger partial charge in [-0.25, -0.2) is 0 Å². The number of aromatic nitrogens is 5. The Morgan fingerprint density at radius 3 is 2.84 bits per heavy atom. The van der Waals surface area contributed by atoms with Gasteiger partial charge in [-0.1, -0.05) is 17.8 Å². The smallest absolute Gasteiger partial charge is 0.257 e. The minimum absolute atomic E-state index is 0.0415. The Kier molecular flexibility index (Phi) is 4.41. The summed E-state index contributed by atoms with van der Waals surface area (Å²) in [7, 11) is 0. The molecule has 25 heavy (non-hydrogen) atoms. The molecule has 0 bridgehead atoms. The largest absolute Gasteiger partial charge is 0.461 e. The Labute approximate surface area is 152 Å². The zero-order valence-corrected chi connectivity index (χ0v) is 15.3. The van der Waals surface area contributed by atoms with E-state index in [2.05, 4.69) is 20.4 Å². The number of rotatable bonds is 6. The maximum atomic E-state index is 5.81. The number of thioether (sulfide) groups is 1. The summed E-state index contributed by atoms with van der Waals surface area (Å²) in [6.45, 7) is 4.80. The van der Waals surface area contributed by atoms with Crippen LogP contribution >= 0.6 is 23.1 Å². The molecule has 0 amide bonds. The van der Waals surface area contributed by atoms with E-state index in [1.165, 1.54) is 11.8 Å². The van der Waals surface area contributed by atoms with Crippen LogP contribution in [0.5, 0.6) is 0 Å². The molecule has 0 aliphatic heterocycles. The Morgan fingerprint density at radius 1 is 1.20 bits per heavy atom. The highest BCUT2D eigenvalue weighted by atomic mass is 32.2. The van der Waals surface area contributed by atoms with Crippen LogP contribution in [0.3, 0.4) is 0 Å². The zero-order valence-electron chi connectivity index (χ0n) is 13.6. The third kappa shape index (κ3) is 3.12. The molecule has 0 unspecified atom stereocenters. The minimum atomic E-state index is -0.0415. The highest BCUT2D eigenvalue weighted by molar-refractivity contribution is 7.99. The second-order valence-electron chi connectivity index (χ2n) is 5.21. The molecular weight excluding hydrogens is 358 g/mol. The molecule has 128 valence electrons.